The van der Waals surface area contributed by atoms with Crippen LogP contribution in [0.2, 0.25) is 0 Å². The van der Waals surface area contributed by atoms with Gasteiger partial charge in [-0.25, -0.2) is 0 Å². The van der Waals surface area contributed by atoms with Crippen LogP contribution in [0.25, 0.3) is 0 Å². The van der Waals surface area contributed by atoms with Crippen LogP contribution in [-0.2, 0) is 28.6 Å². The second kappa shape index (κ2) is 70.3. The van der Waals surface area contributed by atoms with Crippen molar-refractivity contribution in [3.8, 4) is 0 Å². The number of esters is 3. The standard InChI is InChI=1S/C77H130O6/c1-4-7-10-13-16-19-22-25-28-31-33-34-35-36-37-38-39-40-41-42-44-46-49-52-55-58-61-64-67-70-76(79)82-73-74(72-81-75(78)69-66-63-60-57-54-51-48-45-30-27-24-21-18-15-12-9-6-3)83-77(80)71-68-65-62-59-56-53-50-47-43-32-29-26-23-20-17-14-11-8-5-2/h7,10,16,19,25,27-28,30,33-34,36-37,39-40,42,44,49,52,58,61,74H,4-6,8-9,11-15,17-18,20-24,26,29,31-32,35,38,41,43,45-48,50-51,53-57,59-60,62-73H2,1-3H3/b10-7-,19-16-,28-25-,30-27-,34-33-,37-36-,40-39-,44-42-,52-49-,61-58-. The van der Waals surface area contributed by atoms with Gasteiger partial charge in [-0.15, -0.1) is 0 Å². The van der Waals surface area contributed by atoms with Crippen molar-refractivity contribution >= 4 is 17.9 Å². The lowest BCUT2D eigenvalue weighted by molar-refractivity contribution is -0.167. The van der Waals surface area contributed by atoms with Gasteiger partial charge in [0.1, 0.15) is 13.2 Å². The fourth-order valence-corrected chi connectivity index (χ4v) is 9.74. The quantitative estimate of drug-likeness (QED) is 0.0261. The van der Waals surface area contributed by atoms with Gasteiger partial charge in [-0.05, 0) is 109 Å². The van der Waals surface area contributed by atoms with E-state index < -0.39 is 6.10 Å². The van der Waals surface area contributed by atoms with Crippen molar-refractivity contribution in [1.29, 1.82) is 0 Å². The zero-order valence-electron chi connectivity index (χ0n) is 54.4. The topological polar surface area (TPSA) is 78.9 Å². The Bertz CT molecular complexity index is 1700. The molecule has 83 heavy (non-hydrogen) atoms. The average molecular weight is 1150 g/mol. The molecule has 0 heterocycles. The molecule has 0 aliphatic heterocycles. The maximum Gasteiger partial charge on any atom is 0.306 e. The number of unbranched alkanes of at least 4 members (excludes halogenated alkanes) is 32. The first-order valence-electron chi connectivity index (χ1n) is 35.0. The molecule has 0 aromatic carbocycles. The highest BCUT2D eigenvalue weighted by molar-refractivity contribution is 5.71. The molecule has 6 nitrogen and oxygen atoms in total. The molecule has 0 amide bonds. The van der Waals surface area contributed by atoms with Gasteiger partial charge in [0.2, 0.25) is 0 Å². The molecule has 1 atom stereocenters. The third kappa shape index (κ3) is 68.5. The minimum absolute atomic E-state index is 0.0972. The molecule has 0 aliphatic rings. The number of rotatable bonds is 63. The van der Waals surface area contributed by atoms with Crippen molar-refractivity contribution in [2.24, 2.45) is 0 Å². The Morgan fingerprint density at radius 2 is 0.482 bits per heavy atom. The summed E-state index contributed by atoms with van der Waals surface area (Å²) in [5.41, 5.74) is 0. The van der Waals surface area contributed by atoms with E-state index in [0.717, 1.165) is 103 Å². The average Bonchev–Trinajstić information content (AvgIpc) is 3.49. The first-order chi connectivity index (χ1) is 41.0. The van der Waals surface area contributed by atoms with Gasteiger partial charge in [0.05, 0.1) is 0 Å². The van der Waals surface area contributed by atoms with Gasteiger partial charge < -0.3 is 14.2 Å². The highest BCUT2D eigenvalue weighted by Crippen LogP contribution is 2.17. The molecule has 0 bridgehead atoms. The largest absolute Gasteiger partial charge is 0.462 e. The summed E-state index contributed by atoms with van der Waals surface area (Å²) in [7, 11) is 0. The van der Waals surface area contributed by atoms with Gasteiger partial charge in [0.25, 0.3) is 0 Å². The lowest BCUT2D eigenvalue weighted by Gasteiger charge is -2.18. The Labute approximate surface area is 513 Å². The summed E-state index contributed by atoms with van der Waals surface area (Å²) in [4.78, 5) is 38.4. The zero-order valence-corrected chi connectivity index (χ0v) is 54.4. The Morgan fingerprint density at radius 1 is 0.253 bits per heavy atom. The van der Waals surface area contributed by atoms with E-state index in [1.54, 1.807) is 0 Å². The van der Waals surface area contributed by atoms with E-state index >= 15 is 0 Å². The number of hydrogen-bond donors (Lipinski definition) is 0. The van der Waals surface area contributed by atoms with Gasteiger partial charge in [-0.1, -0.05) is 322 Å². The summed E-state index contributed by atoms with van der Waals surface area (Å²) in [6.07, 6.45) is 97.9. The SMILES string of the molecule is CC/C=C\C/C=C\C/C=C\C/C=C\C/C=C\C/C=C\C/C=C\C/C=C\C/C=C\CCCC(=O)OCC(COC(=O)CCCCCCCCC/C=C\CCCCCCCC)OC(=O)CCCCCCCCCCCCCCCCCCCCC. The molecule has 0 radical (unpaired) electrons. The predicted octanol–water partition coefficient (Wildman–Crippen LogP) is 24.3. The summed E-state index contributed by atoms with van der Waals surface area (Å²) in [6, 6.07) is 0. The smallest absolute Gasteiger partial charge is 0.306 e. The minimum Gasteiger partial charge on any atom is -0.462 e. The van der Waals surface area contributed by atoms with Crippen LogP contribution in [0.1, 0.15) is 329 Å². The van der Waals surface area contributed by atoms with Crippen molar-refractivity contribution in [3.05, 3.63) is 122 Å². The molecule has 0 saturated heterocycles. The molecular formula is C77H130O6. The van der Waals surface area contributed by atoms with Crippen LogP contribution in [0.15, 0.2) is 122 Å². The summed E-state index contributed by atoms with van der Waals surface area (Å²) >= 11 is 0. The van der Waals surface area contributed by atoms with Crippen LogP contribution in [0, 0.1) is 0 Å². The monoisotopic (exact) mass is 1150 g/mol. The summed E-state index contributed by atoms with van der Waals surface area (Å²) < 4.78 is 16.9. The molecule has 1 unspecified atom stereocenters. The van der Waals surface area contributed by atoms with Gasteiger partial charge in [0, 0.05) is 19.3 Å². The third-order valence-electron chi connectivity index (χ3n) is 15.0. The molecule has 0 N–H and O–H groups in total. The number of ether oxygens (including phenoxy) is 3. The Balaban J connectivity index is 4.46. The van der Waals surface area contributed by atoms with Crippen LogP contribution in [0.4, 0.5) is 0 Å². The zero-order chi connectivity index (χ0) is 59.9. The van der Waals surface area contributed by atoms with E-state index in [4.69, 9.17) is 14.2 Å². The van der Waals surface area contributed by atoms with Crippen LogP contribution in [-0.4, -0.2) is 37.2 Å². The van der Waals surface area contributed by atoms with E-state index in [1.807, 2.05) is 0 Å². The van der Waals surface area contributed by atoms with Crippen LogP contribution in [0.3, 0.4) is 0 Å². The minimum atomic E-state index is -0.806. The maximum absolute atomic E-state index is 13.0. The van der Waals surface area contributed by atoms with Crippen LogP contribution >= 0.6 is 0 Å². The van der Waals surface area contributed by atoms with E-state index in [2.05, 4.69) is 142 Å². The van der Waals surface area contributed by atoms with E-state index in [1.165, 1.54) is 180 Å². The van der Waals surface area contributed by atoms with Gasteiger partial charge in [-0.2, -0.15) is 0 Å². The molecule has 0 saturated carbocycles. The fraction of sp³-hybridized carbons (Fsp3) is 0.701. The number of allylic oxidation sites excluding steroid dienone is 20. The van der Waals surface area contributed by atoms with Crippen LogP contribution in [0.5, 0.6) is 0 Å². The second-order valence-electron chi connectivity index (χ2n) is 23.1. The van der Waals surface area contributed by atoms with Crippen molar-refractivity contribution < 1.29 is 28.6 Å². The lowest BCUT2D eigenvalue weighted by Crippen LogP contribution is -2.30. The molecule has 6 heteroatoms. The van der Waals surface area contributed by atoms with Gasteiger partial charge >= 0.3 is 17.9 Å². The molecule has 0 spiro atoms. The van der Waals surface area contributed by atoms with Gasteiger partial charge in [-0.3, -0.25) is 14.4 Å². The Hall–Kier alpha value is -4.19. The third-order valence-corrected chi connectivity index (χ3v) is 15.0. The van der Waals surface area contributed by atoms with Crippen molar-refractivity contribution in [3.63, 3.8) is 0 Å². The summed E-state index contributed by atoms with van der Waals surface area (Å²) in [5, 5.41) is 0. The van der Waals surface area contributed by atoms with E-state index in [0.29, 0.717) is 19.3 Å². The molecule has 474 valence electrons. The highest BCUT2D eigenvalue weighted by Gasteiger charge is 2.19. The van der Waals surface area contributed by atoms with E-state index in [-0.39, 0.29) is 37.5 Å². The maximum atomic E-state index is 13.0. The fourth-order valence-electron chi connectivity index (χ4n) is 9.74. The first-order valence-corrected chi connectivity index (χ1v) is 35.0. The first kappa shape index (κ1) is 78.8. The molecular weight excluding hydrogens is 1020 g/mol. The molecule has 0 aromatic rings. The second-order valence-corrected chi connectivity index (χ2v) is 23.1. The summed E-state index contributed by atoms with van der Waals surface area (Å²) in [6.45, 7) is 6.51. The van der Waals surface area contributed by atoms with Crippen molar-refractivity contribution in [2.45, 2.75) is 335 Å². The number of carbonyl (C=O) groups excluding carboxylic acids is 3. The number of carbonyl (C=O) groups is 3. The predicted molar refractivity (Wildman–Crippen MR) is 362 cm³/mol. The highest BCUT2D eigenvalue weighted by atomic mass is 16.6. The molecule has 0 rings (SSSR count). The van der Waals surface area contributed by atoms with Crippen molar-refractivity contribution in [1.82, 2.24) is 0 Å². The van der Waals surface area contributed by atoms with Gasteiger partial charge in [0.15, 0.2) is 6.10 Å². The molecule has 0 aromatic heterocycles. The Morgan fingerprint density at radius 3 is 0.795 bits per heavy atom. The van der Waals surface area contributed by atoms with Crippen LogP contribution < -0.4 is 0 Å². The lowest BCUT2D eigenvalue weighted by atomic mass is 10.0. The number of hydrogen-bond acceptors (Lipinski definition) is 6. The van der Waals surface area contributed by atoms with Crippen molar-refractivity contribution in [2.75, 3.05) is 13.2 Å². The van der Waals surface area contributed by atoms with E-state index in [9.17, 15) is 14.4 Å². The Kier molecular flexibility index (Phi) is 66.7. The summed E-state index contributed by atoms with van der Waals surface area (Å²) in [5.74, 6) is -0.950. The molecule has 0 aliphatic carbocycles. The normalized spacial score (nSPS) is 12.9. The molecule has 0 fully saturated rings.